The predicted molar refractivity (Wildman–Crippen MR) is 94.4 cm³/mol. The second kappa shape index (κ2) is 6.38. The number of hydrogen-bond acceptors (Lipinski definition) is 7. The molecule has 0 fully saturated rings. The van der Waals surface area contributed by atoms with Gasteiger partial charge < -0.3 is 4.42 Å². The van der Waals surface area contributed by atoms with Crippen LogP contribution in [0.3, 0.4) is 0 Å². The summed E-state index contributed by atoms with van der Waals surface area (Å²) in [4.78, 5) is 9.56. The highest BCUT2D eigenvalue weighted by Gasteiger charge is 2.12. The molecule has 0 aliphatic heterocycles. The van der Waals surface area contributed by atoms with Crippen molar-refractivity contribution in [1.29, 1.82) is 0 Å². The maximum atomic E-state index is 5.72. The molecule has 0 aliphatic carbocycles. The summed E-state index contributed by atoms with van der Waals surface area (Å²) in [6.07, 6.45) is 1.58. The monoisotopic (exact) mass is 404 g/mol. The average molecular weight is 405 g/mol. The minimum atomic E-state index is 0.545. The zero-order valence-electron chi connectivity index (χ0n) is 11.6. The van der Waals surface area contributed by atoms with E-state index in [-0.39, 0.29) is 0 Å². The number of halogens is 1. The number of rotatable bonds is 4. The third kappa shape index (κ3) is 3.15. The highest BCUT2D eigenvalue weighted by Crippen LogP contribution is 2.32. The Kier molecular flexibility index (Phi) is 4.11. The van der Waals surface area contributed by atoms with Crippen molar-refractivity contribution < 1.29 is 4.42 Å². The lowest BCUT2D eigenvalue weighted by Gasteiger charge is -2.02. The van der Waals surface area contributed by atoms with Gasteiger partial charge in [-0.25, -0.2) is 9.97 Å². The van der Waals surface area contributed by atoms with E-state index >= 15 is 0 Å². The molecule has 5 nitrogen and oxygen atoms in total. The van der Waals surface area contributed by atoms with Gasteiger partial charge in [-0.3, -0.25) is 0 Å². The Morgan fingerprint density at radius 3 is 2.87 bits per heavy atom. The zero-order chi connectivity index (χ0) is 15.6. The Morgan fingerprint density at radius 1 is 1.09 bits per heavy atom. The van der Waals surface area contributed by atoms with Gasteiger partial charge in [-0.1, -0.05) is 30.0 Å². The first-order chi connectivity index (χ1) is 11.3. The molecule has 8 heteroatoms. The second-order valence-electron chi connectivity index (χ2n) is 4.59. The van der Waals surface area contributed by atoms with Crippen molar-refractivity contribution in [3.05, 3.63) is 52.4 Å². The van der Waals surface area contributed by atoms with Gasteiger partial charge in [0.2, 0.25) is 5.89 Å². The zero-order valence-corrected chi connectivity index (χ0v) is 14.9. The van der Waals surface area contributed by atoms with Crippen LogP contribution in [0.1, 0.15) is 5.89 Å². The summed E-state index contributed by atoms with van der Waals surface area (Å²) in [7, 11) is 0. The molecule has 1 aromatic carbocycles. The lowest BCUT2D eigenvalue weighted by atomic mass is 10.2. The van der Waals surface area contributed by atoms with Crippen molar-refractivity contribution >= 4 is 49.9 Å². The molecule has 0 unspecified atom stereocenters. The Hall–Kier alpha value is -1.77. The van der Waals surface area contributed by atoms with Gasteiger partial charge in [-0.05, 0) is 34.1 Å². The lowest BCUT2D eigenvalue weighted by molar-refractivity contribution is 0.529. The molecule has 114 valence electrons. The van der Waals surface area contributed by atoms with Gasteiger partial charge in [-0.2, -0.15) is 0 Å². The number of nitrogens with zero attached hydrogens (tertiary/aromatic N) is 4. The van der Waals surface area contributed by atoms with Crippen LogP contribution in [0.4, 0.5) is 0 Å². The van der Waals surface area contributed by atoms with Gasteiger partial charge in [0.05, 0.1) is 19.9 Å². The van der Waals surface area contributed by atoms with Crippen LogP contribution in [0.25, 0.3) is 21.7 Å². The molecule has 0 radical (unpaired) electrons. The predicted octanol–water partition coefficient (Wildman–Crippen LogP) is 4.80. The molecular formula is C15H9BrN4OS2. The van der Waals surface area contributed by atoms with Crippen molar-refractivity contribution in [2.75, 3.05) is 0 Å². The van der Waals surface area contributed by atoms with Gasteiger partial charge in [0.15, 0.2) is 0 Å². The maximum absolute atomic E-state index is 5.72. The molecule has 0 saturated heterocycles. The van der Waals surface area contributed by atoms with Gasteiger partial charge in [0.1, 0.15) is 11.4 Å². The Balaban J connectivity index is 1.54. The summed E-state index contributed by atoms with van der Waals surface area (Å²) in [5.41, 5.74) is 0.930. The molecule has 23 heavy (non-hydrogen) atoms. The normalized spacial score (nSPS) is 11.2. The number of aromatic nitrogens is 4. The molecule has 3 aromatic heterocycles. The molecule has 0 aliphatic rings. The molecule has 0 spiro atoms. The van der Waals surface area contributed by atoms with Crippen LogP contribution < -0.4 is 0 Å². The number of fused-ring (bicyclic) bond motifs is 1. The van der Waals surface area contributed by atoms with Crippen LogP contribution >= 0.6 is 39.0 Å². The van der Waals surface area contributed by atoms with Crippen LogP contribution in [-0.4, -0.2) is 20.2 Å². The summed E-state index contributed by atoms with van der Waals surface area (Å²) >= 11 is 6.56. The minimum Gasteiger partial charge on any atom is -0.419 e. The number of hydrogen-bond donors (Lipinski definition) is 0. The molecule has 0 bridgehead atoms. The smallest absolute Gasteiger partial charge is 0.257 e. The highest BCUT2D eigenvalue weighted by molar-refractivity contribution is 9.11. The van der Waals surface area contributed by atoms with E-state index in [0.29, 0.717) is 17.5 Å². The van der Waals surface area contributed by atoms with Crippen molar-refractivity contribution in [1.82, 2.24) is 20.2 Å². The van der Waals surface area contributed by atoms with E-state index < -0.39 is 0 Å². The first-order valence-electron chi connectivity index (χ1n) is 6.70. The van der Waals surface area contributed by atoms with Crippen LogP contribution in [0.15, 0.2) is 56.0 Å². The Labute approximate surface area is 148 Å². The number of thiophene rings is 1. The molecule has 0 saturated carbocycles. The third-order valence-corrected chi connectivity index (χ3v) is 5.69. The number of benzene rings is 1. The average Bonchev–Trinajstić information content (AvgIpc) is 3.21. The van der Waals surface area contributed by atoms with E-state index in [0.717, 1.165) is 24.6 Å². The third-order valence-electron chi connectivity index (χ3n) is 3.09. The lowest BCUT2D eigenvalue weighted by Crippen LogP contribution is -1.88. The number of para-hydroxylation sites is 1. The summed E-state index contributed by atoms with van der Waals surface area (Å²) < 4.78 is 6.76. The SMILES string of the molecule is Brc1ccc(-c2nnc(CSc3ncnc4ccccc34)o2)s1. The molecule has 0 N–H and O–H groups in total. The van der Waals surface area contributed by atoms with Crippen LogP contribution in [0.2, 0.25) is 0 Å². The van der Waals surface area contributed by atoms with E-state index in [1.807, 2.05) is 36.4 Å². The van der Waals surface area contributed by atoms with E-state index in [2.05, 4.69) is 36.1 Å². The van der Waals surface area contributed by atoms with E-state index in [9.17, 15) is 0 Å². The van der Waals surface area contributed by atoms with E-state index in [1.165, 1.54) is 0 Å². The quantitative estimate of drug-likeness (QED) is 0.359. The van der Waals surface area contributed by atoms with Gasteiger partial charge in [0, 0.05) is 5.39 Å². The number of thioether (sulfide) groups is 1. The van der Waals surface area contributed by atoms with Crippen molar-refractivity contribution in [3.8, 4) is 10.8 Å². The summed E-state index contributed by atoms with van der Waals surface area (Å²) in [6, 6.07) is 11.9. The van der Waals surface area contributed by atoms with E-state index in [1.54, 1.807) is 29.4 Å². The fourth-order valence-electron chi connectivity index (χ4n) is 2.07. The van der Waals surface area contributed by atoms with Crippen molar-refractivity contribution in [2.24, 2.45) is 0 Å². The summed E-state index contributed by atoms with van der Waals surface area (Å²) in [5.74, 6) is 1.70. The van der Waals surface area contributed by atoms with E-state index in [4.69, 9.17) is 4.42 Å². The van der Waals surface area contributed by atoms with Crippen molar-refractivity contribution in [2.45, 2.75) is 10.8 Å². The second-order valence-corrected chi connectivity index (χ2v) is 8.02. The fourth-order valence-corrected chi connectivity index (χ4v) is 4.20. The van der Waals surface area contributed by atoms with Crippen molar-refractivity contribution in [3.63, 3.8) is 0 Å². The first-order valence-corrected chi connectivity index (χ1v) is 9.30. The topological polar surface area (TPSA) is 64.7 Å². The molecule has 4 aromatic rings. The highest BCUT2D eigenvalue weighted by atomic mass is 79.9. The largest absolute Gasteiger partial charge is 0.419 e. The Bertz CT molecular complexity index is 963. The fraction of sp³-hybridized carbons (Fsp3) is 0.0667. The Morgan fingerprint density at radius 2 is 2.00 bits per heavy atom. The maximum Gasteiger partial charge on any atom is 0.257 e. The summed E-state index contributed by atoms with van der Waals surface area (Å²) in [5, 5.41) is 10.1. The standard InChI is InChI=1S/C15H9BrN4OS2/c16-12-6-5-11(23-12)14-20-19-13(21-14)7-22-15-9-3-1-2-4-10(9)17-8-18-15/h1-6,8H,7H2. The first kappa shape index (κ1) is 14.8. The molecular weight excluding hydrogens is 396 g/mol. The molecule has 0 atom stereocenters. The van der Waals surface area contributed by atoms with Crippen LogP contribution in [-0.2, 0) is 5.75 Å². The molecule has 0 amide bonds. The van der Waals surface area contributed by atoms with Crippen LogP contribution in [0, 0.1) is 0 Å². The summed E-state index contributed by atoms with van der Waals surface area (Å²) in [6.45, 7) is 0. The van der Waals surface area contributed by atoms with Crippen LogP contribution in [0.5, 0.6) is 0 Å². The molecule has 3 heterocycles. The molecule has 4 rings (SSSR count). The van der Waals surface area contributed by atoms with Gasteiger partial charge >= 0.3 is 0 Å². The minimum absolute atomic E-state index is 0.545. The van der Waals surface area contributed by atoms with Gasteiger partial charge in [0.25, 0.3) is 5.89 Å². The van der Waals surface area contributed by atoms with Gasteiger partial charge in [-0.15, -0.1) is 21.5 Å².